The lowest BCUT2D eigenvalue weighted by Crippen LogP contribution is -2.25. The maximum Gasteiger partial charge on any atom is 0.237 e. The third kappa shape index (κ3) is 1.66. The first-order valence-electron chi connectivity index (χ1n) is 3.64. The topological polar surface area (TPSA) is 46.2 Å². The average molecular weight is 260 g/mol. The van der Waals surface area contributed by atoms with E-state index in [9.17, 15) is 9.00 Å². The van der Waals surface area contributed by atoms with Gasteiger partial charge in [-0.3, -0.25) is 9.00 Å². The molecule has 0 saturated heterocycles. The van der Waals surface area contributed by atoms with Crippen LogP contribution in [0.4, 0.5) is 5.69 Å². The van der Waals surface area contributed by atoms with Crippen molar-refractivity contribution in [3.63, 3.8) is 0 Å². The number of anilines is 1. The molecular formula is C8H6BrNO2S. The molecule has 2 rings (SSSR count). The molecule has 0 saturated carbocycles. The zero-order chi connectivity index (χ0) is 9.42. The summed E-state index contributed by atoms with van der Waals surface area (Å²) < 4.78 is 12.3. The molecule has 68 valence electrons. The molecule has 1 aliphatic rings. The highest BCUT2D eigenvalue weighted by molar-refractivity contribution is 9.10. The van der Waals surface area contributed by atoms with E-state index in [1.165, 1.54) is 0 Å². The largest absolute Gasteiger partial charge is 0.324 e. The lowest BCUT2D eigenvalue weighted by atomic mass is 10.3. The summed E-state index contributed by atoms with van der Waals surface area (Å²) in [7, 11) is -1.20. The van der Waals surface area contributed by atoms with Gasteiger partial charge in [0.05, 0.1) is 21.4 Å². The zero-order valence-electron chi connectivity index (χ0n) is 6.54. The van der Waals surface area contributed by atoms with Crippen molar-refractivity contribution in [2.24, 2.45) is 0 Å². The number of benzene rings is 1. The Labute approximate surface area is 86.1 Å². The van der Waals surface area contributed by atoms with Crippen LogP contribution >= 0.6 is 15.9 Å². The summed E-state index contributed by atoms with van der Waals surface area (Å²) in [6.45, 7) is 0. The molecule has 0 radical (unpaired) electrons. The summed E-state index contributed by atoms with van der Waals surface area (Å²) in [4.78, 5) is 11.7. The second-order valence-corrected chi connectivity index (χ2v) is 5.01. The Morgan fingerprint density at radius 3 is 3.00 bits per heavy atom. The minimum absolute atomic E-state index is 0.0590. The van der Waals surface area contributed by atoms with Crippen LogP contribution in [0.3, 0.4) is 0 Å². The summed E-state index contributed by atoms with van der Waals surface area (Å²) in [5, 5.41) is 2.66. The van der Waals surface area contributed by atoms with Crippen molar-refractivity contribution in [2.75, 3.05) is 11.1 Å². The van der Waals surface area contributed by atoms with Crippen molar-refractivity contribution in [1.82, 2.24) is 0 Å². The highest BCUT2D eigenvalue weighted by Crippen LogP contribution is 2.26. The smallest absolute Gasteiger partial charge is 0.237 e. The summed E-state index contributed by atoms with van der Waals surface area (Å²) in [5.41, 5.74) is 0.651. The quantitative estimate of drug-likeness (QED) is 0.768. The number of carbonyl (C=O) groups excluding carboxylic acids is 1. The number of rotatable bonds is 0. The molecule has 1 unspecified atom stereocenters. The molecule has 1 aliphatic heterocycles. The lowest BCUT2D eigenvalue weighted by molar-refractivity contribution is -0.113. The molecule has 0 aliphatic carbocycles. The first-order valence-corrected chi connectivity index (χ1v) is 5.76. The molecule has 1 heterocycles. The Bertz CT molecular complexity index is 405. The third-order valence-corrected chi connectivity index (χ3v) is 3.57. The molecule has 1 atom stereocenters. The maximum atomic E-state index is 11.5. The van der Waals surface area contributed by atoms with Crippen LogP contribution in [0.1, 0.15) is 0 Å². The Kier molecular flexibility index (Phi) is 2.21. The van der Waals surface area contributed by atoms with E-state index in [0.717, 1.165) is 4.47 Å². The van der Waals surface area contributed by atoms with Gasteiger partial charge >= 0.3 is 0 Å². The van der Waals surface area contributed by atoms with Gasteiger partial charge in [-0.15, -0.1) is 0 Å². The first kappa shape index (κ1) is 8.90. The van der Waals surface area contributed by atoms with E-state index < -0.39 is 10.8 Å². The van der Waals surface area contributed by atoms with Crippen molar-refractivity contribution >= 4 is 38.3 Å². The number of fused-ring (bicyclic) bond motifs is 1. The molecule has 1 aromatic carbocycles. The minimum Gasteiger partial charge on any atom is -0.324 e. The molecule has 1 amide bonds. The van der Waals surface area contributed by atoms with E-state index in [1.54, 1.807) is 12.1 Å². The molecule has 0 bridgehead atoms. The van der Waals surface area contributed by atoms with Crippen LogP contribution in [0, 0.1) is 0 Å². The third-order valence-electron chi connectivity index (χ3n) is 1.73. The van der Waals surface area contributed by atoms with Crippen LogP contribution in [0.15, 0.2) is 27.6 Å². The van der Waals surface area contributed by atoms with Gasteiger partial charge in [0.25, 0.3) is 0 Å². The van der Waals surface area contributed by atoms with Crippen LogP contribution in [0.2, 0.25) is 0 Å². The van der Waals surface area contributed by atoms with Crippen LogP contribution in [0.5, 0.6) is 0 Å². The minimum atomic E-state index is -1.20. The highest BCUT2D eigenvalue weighted by Gasteiger charge is 2.20. The fourth-order valence-electron chi connectivity index (χ4n) is 1.17. The summed E-state index contributed by atoms with van der Waals surface area (Å²) in [6, 6.07) is 5.32. The van der Waals surface area contributed by atoms with Crippen molar-refractivity contribution in [1.29, 1.82) is 0 Å². The Hall–Kier alpha value is -0.680. The van der Waals surface area contributed by atoms with Crippen LogP contribution in [-0.2, 0) is 15.6 Å². The summed E-state index contributed by atoms with van der Waals surface area (Å²) >= 11 is 3.29. The summed E-state index contributed by atoms with van der Waals surface area (Å²) in [5.74, 6) is -0.128. The Morgan fingerprint density at radius 2 is 2.23 bits per heavy atom. The van der Waals surface area contributed by atoms with Crippen molar-refractivity contribution < 1.29 is 9.00 Å². The molecule has 0 fully saturated rings. The van der Waals surface area contributed by atoms with E-state index in [0.29, 0.717) is 10.6 Å². The van der Waals surface area contributed by atoms with Gasteiger partial charge in [0.1, 0.15) is 5.75 Å². The fourth-order valence-corrected chi connectivity index (χ4v) is 2.77. The van der Waals surface area contributed by atoms with Gasteiger partial charge in [-0.2, -0.15) is 0 Å². The van der Waals surface area contributed by atoms with Gasteiger partial charge in [-0.25, -0.2) is 0 Å². The number of halogens is 1. The zero-order valence-corrected chi connectivity index (χ0v) is 8.94. The fraction of sp³-hybridized carbons (Fsp3) is 0.125. The SMILES string of the molecule is O=C1CS(=O)c2cc(Br)ccc2N1. The molecule has 1 N–H and O–H groups in total. The molecule has 0 spiro atoms. The number of hydrogen-bond acceptors (Lipinski definition) is 2. The second-order valence-electron chi connectivity index (χ2n) is 2.68. The monoisotopic (exact) mass is 259 g/mol. The van der Waals surface area contributed by atoms with E-state index in [-0.39, 0.29) is 11.7 Å². The van der Waals surface area contributed by atoms with Crippen LogP contribution < -0.4 is 5.32 Å². The Balaban J connectivity index is 2.55. The number of hydrogen-bond donors (Lipinski definition) is 1. The van der Waals surface area contributed by atoms with E-state index >= 15 is 0 Å². The lowest BCUT2D eigenvalue weighted by Gasteiger charge is -2.15. The van der Waals surface area contributed by atoms with Gasteiger partial charge < -0.3 is 5.32 Å². The normalized spacial score (nSPS) is 20.7. The maximum absolute atomic E-state index is 11.5. The average Bonchev–Trinajstić information content (AvgIpc) is 2.06. The van der Waals surface area contributed by atoms with Crippen LogP contribution in [0.25, 0.3) is 0 Å². The predicted octanol–water partition coefficient (Wildman–Crippen LogP) is 1.51. The van der Waals surface area contributed by atoms with Gasteiger partial charge in [-0.05, 0) is 18.2 Å². The number of amides is 1. The molecule has 13 heavy (non-hydrogen) atoms. The van der Waals surface area contributed by atoms with Crippen LogP contribution in [-0.4, -0.2) is 15.9 Å². The van der Waals surface area contributed by atoms with E-state index in [2.05, 4.69) is 21.2 Å². The van der Waals surface area contributed by atoms with Crippen molar-refractivity contribution in [3.8, 4) is 0 Å². The predicted molar refractivity (Wildman–Crippen MR) is 54.0 cm³/mol. The number of nitrogens with one attached hydrogen (secondary N) is 1. The standard InChI is InChI=1S/C8H6BrNO2S/c9-5-1-2-6-7(3-5)13(12)4-8(11)10-6/h1-3H,4H2,(H,10,11). The highest BCUT2D eigenvalue weighted by atomic mass is 79.9. The number of carbonyl (C=O) groups is 1. The molecule has 0 aromatic heterocycles. The second kappa shape index (κ2) is 3.23. The van der Waals surface area contributed by atoms with E-state index in [4.69, 9.17) is 0 Å². The van der Waals surface area contributed by atoms with Gasteiger partial charge in [0.2, 0.25) is 5.91 Å². The van der Waals surface area contributed by atoms with Gasteiger partial charge in [-0.1, -0.05) is 15.9 Å². The molecule has 5 heteroatoms. The Morgan fingerprint density at radius 1 is 1.46 bits per heavy atom. The molecule has 1 aromatic rings. The summed E-state index contributed by atoms with van der Waals surface area (Å²) in [6.07, 6.45) is 0. The van der Waals surface area contributed by atoms with E-state index in [1.807, 2.05) is 6.07 Å². The molecule has 3 nitrogen and oxygen atoms in total. The van der Waals surface area contributed by atoms with Crippen molar-refractivity contribution in [3.05, 3.63) is 22.7 Å². The van der Waals surface area contributed by atoms with Crippen molar-refractivity contribution in [2.45, 2.75) is 4.90 Å². The van der Waals surface area contributed by atoms with Gasteiger partial charge in [0.15, 0.2) is 0 Å². The molecular weight excluding hydrogens is 254 g/mol. The first-order chi connectivity index (χ1) is 6.16. The van der Waals surface area contributed by atoms with Gasteiger partial charge in [0, 0.05) is 4.47 Å².